The van der Waals surface area contributed by atoms with Gasteiger partial charge in [-0.05, 0) is 50.1 Å². The summed E-state index contributed by atoms with van der Waals surface area (Å²) in [4.78, 5) is 0. The van der Waals surface area contributed by atoms with E-state index in [1.165, 1.54) is 44.1 Å². The Morgan fingerprint density at radius 3 is 2.24 bits per heavy atom. The molecule has 1 N–H and O–H groups in total. The fourth-order valence-corrected chi connectivity index (χ4v) is 4.69. The summed E-state index contributed by atoms with van der Waals surface area (Å²) in [6, 6.07) is 9.22. The molecule has 0 aliphatic heterocycles. The summed E-state index contributed by atoms with van der Waals surface area (Å²) < 4.78 is 0. The van der Waals surface area contributed by atoms with E-state index in [4.69, 9.17) is 0 Å². The van der Waals surface area contributed by atoms with Crippen LogP contribution in [0.2, 0.25) is 0 Å². The monoisotopic (exact) mass is 287 g/mol. The molecule has 1 nitrogen and oxygen atoms in total. The minimum absolute atomic E-state index is 0.381. The van der Waals surface area contributed by atoms with Crippen molar-refractivity contribution in [3.63, 3.8) is 0 Å². The maximum Gasteiger partial charge on any atom is 0.00884 e. The summed E-state index contributed by atoms with van der Waals surface area (Å²) in [5.74, 6) is 0. The van der Waals surface area contributed by atoms with Crippen molar-refractivity contribution in [3.8, 4) is 0 Å². The van der Waals surface area contributed by atoms with Crippen LogP contribution < -0.4 is 5.32 Å². The highest BCUT2D eigenvalue weighted by atomic mass is 14.9. The van der Waals surface area contributed by atoms with E-state index < -0.39 is 0 Å². The zero-order valence-electron chi connectivity index (χ0n) is 14.5. The van der Waals surface area contributed by atoms with Crippen molar-refractivity contribution in [1.82, 2.24) is 5.32 Å². The van der Waals surface area contributed by atoms with E-state index in [2.05, 4.69) is 57.3 Å². The van der Waals surface area contributed by atoms with E-state index in [-0.39, 0.29) is 0 Å². The SMILES string of the molecule is CCCC1(CCC)CC(CNCC)(c2cccc(C)c2)C1. The molecule has 1 fully saturated rings. The smallest absolute Gasteiger partial charge is 0.00884 e. The molecule has 0 amide bonds. The Morgan fingerprint density at radius 2 is 1.71 bits per heavy atom. The van der Waals surface area contributed by atoms with Gasteiger partial charge in [-0.15, -0.1) is 0 Å². The van der Waals surface area contributed by atoms with Crippen molar-refractivity contribution in [2.45, 2.75) is 71.6 Å². The Bertz CT molecular complexity index is 435. The van der Waals surface area contributed by atoms with Crippen LogP contribution in [0.1, 0.15) is 70.4 Å². The standard InChI is InChI=1S/C20H33N/c1-5-11-19(12-6-2)14-20(15-19,16-21-7-3)18-10-8-9-17(4)13-18/h8-10,13,21H,5-7,11-12,14-16H2,1-4H3. The maximum atomic E-state index is 3.63. The third-order valence-corrected chi connectivity index (χ3v) is 5.33. The van der Waals surface area contributed by atoms with E-state index in [1.807, 2.05) is 0 Å². The van der Waals surface area contributed by atoms with Gasteiger partial charge in [0.2, 0.25) is 0 Å². The highest BCUT2D eigenvalue weighted by molar-refractivity contribution is 5.34. The first kappa shape index (κ1) is 16.5. The Morgan fingerprint density at radius 1 is 1.05 bits per heavy atom. The predicted molar refractivity (Wildman–Crippen MR) is 92.9 cm³/mol. The van der Waals surface area contributed by atoms with Crippen LogP contribution in [-0.4, -0.2) is 13.1 Å². The number of hydrogen-bond donors (Lipinski definition) is 1. The Labute approximate surface area is 131 Å². The number of hydrogen-bond acceptors (Lipinski definition) is 1. The topological polar surface area (TPSA) is 12.0 Å². The number of likely N-dealkylation sites (N-methyl/N-ethyl adjacent to an activating group) is 1. The lowest BCUT2D eigenvalue weighted by Crippen LogP contribution is -2.54. The van der Waals surface area contributed by atoms with Gasteiger partial charge in [0, 0.05) is 12.0 Å². The molecule has 1 aromatic carbocycles. The van der Waals surface area contributed by atoms with Crippen molar-refractivity contribution in [1.29, 1.82) is 0 Å². The normalized spacial score (nSPS) is 19.2. The summed E-state index contributed by atoms with van der Waals surface area (Å²) in [6.07, 6.45) is 8.20. The second-order valence-electron chi connectivity index (χ2n) is 7.28. The first-order valence-corrected chi connectivity index (χ1v) is 8.87. The molecule has 21 heavy (non-hydrogen) atoms. The van der Waals surface area contributed by atoms with Crippen LogP contribution in [0.3, 0.4) is 0 Å². The van der Waals surface area contributed by atoms with Crippen LogP contribution in [0, 0.1) is 12.3 Å². The van der Waals surface area contributed by atoms with Gasteiger partial charge in [0.05, 0.1) is 0 Å². The lowest BCUT2D eigenvalue weighted by atomic mass is 9.48. The van der Waals surface area contributed by atoms with E-state index in [0.29, 0.717) is 10.8 Å². The molecule has 1 aliphatic rings. The lowest BCUT2D eigenvalue weighted by Gasteiger charge is -2.58. The van der Waals surface area contributed by atoms with Crippen molar-refractivity contribution < 1.29 is 0 Å². The number of nitrogens with one attached hydrogen (secondary N) is 1. The van der Waals surface area contributed by atoms with Gasteiger partial charge < -0.3 is 5.32 Å². The molecule has 0 heterocycles. The van der Waals surface area contributed by atoms with Crippen molar-refractivity contribution >= 4 is 0 Å². The van der Waals surface area contributed by atoms with Gasteiger partial charge in [-0.2, -0.15) is 0 Å². The van der Waals surface area contributed by atoms with E-state index in [0.717, 1.165) is 13.1 Å². The predicted octanol–water partition coefficient (Wildman–Crippen LogP) is 5.22. The molecule has 0 radical (unpaired) electrons. The molecule has 1 aromatic rings. The van der Waals surface area contributed by atoms with Gasteiger partial charge in [0.1, 0.15) is 0 Å². The molecule has 0 aromatic heterocycles. The molecule has 0 unspecified atom stereocenters. The van der Waals surface area contributed by atoms with Crippen LogP contribution >= 0.6 is 0 Å². The first-order valence-electron chi connectivity index (χ1n) is 8.87. The molecule has 0 spiro atoms. The fraction of sp³-hybridized carbons (Fsp3) is 0.700. The van der Waals surface area contributed by atoms with Crippen LogP contribution in [0.15, 0.2) is 24.3 Å². The molecule has 1 saturated carbocycles. The molecule has 0 atom stereocenters. The minimum atomic E-state index is 0.381. The van der Waals surface area contributed by atoms with Crippen molar-refractivity contribution in [2.24, 2.45) is 5.41 Å². The molecule has 2 rings (SSSR count). The van der Waals surface area contributed by atoms with Crippen molar-refractivity contribution in [3.05, 3.63) is 35.4 Å². The second-order valence-corrected chi connectivity index (χ2v) is 7.28. The third-order valence-electron chi connectivity index (χ3n) is 5.33. The molecular formula is C20H33N. The maximum absolute atomic E-state index is 3.63. The third kappa shape index (κ3) is 3.51. The van der Waals surface area contributed by atoms with Gasteiger partial charge in [-0.25, -0.2) is 0 Å². The summed E-state index contributed by atoms with van der Waals surface area (Å²) in [5, 5.41) is 3.63. The van der Waals surface area contributed by atoms with Gasteiger partial charge in [0.25, 0.3) is 0 Å². The zero-order valence-corrected chi connectivity index (χ0v) is 14.5. The van der Waals surface area contributed by atoms with Crippen LogP contribution in [0.5, 0.6) is 0 Å². The molecular weight excluding hydrogens is 254 g/mol. The number of benzene rings is 1. The summed E-state index contributed by atoms with van der Waals surface area (Å²) in [5.41, 5.74) is 3.95. The van der Waals surface area contributed by atoms with E-state index in [9.17, 15) is 0 Å². The molecule has 0 saturated heterocycles. The summed E-state index contributed by atoms with van der Waals surface area (Å²) in [6.45, 7) is 11.3. The van der Waals surface area contributed by atoms with Gasteiger partial charge in [-0.3, -0.25) is 0 Å². The second kappa shape index (κ2) is 6.96. The zero-order chi connectivity index (χ0) is 15.3. The average molecular weight is 287 g/mol. The van der Waals surface area contributed by atoms with Crippen molar-refractivity contribution in [2.75, 3.05) is 13.1 Å². The highest BCUT2D eigenvalue weighted by Crippen LogP contribution is 2.60. The Balaban J connectivity index is 2.21. The van der Waals surface area contributed by atoms with E-state index >= 15 is 0 Å². The van der Waals surface area contributed by atoms with Crippen LogP contribution in [0.25, 0.3) is 0 Å². The molecule has 0 bridgehead atoms. The van der Waals surface area contributed by atoms with Crippen LogP contribution in [-0.2, 0) is 5.41 Å². The minimum Gasteiger partial charge on any atom is -0.316 e. The Kier molecular flexibility index (Phi) is 5.48. The number of aryl methyl sites for hydroxylation is 1. The highest BCUT2D eigenvalue weighted by Gasteiger charge is 2.53. The first-order chi connectivity index (χ1) is 10.1. The molecule has 1 aliphatic carbocycles. The molecule has 1 heteroatoms. The van der Waals surface area contributed by atoms with Gasteiger partial charge in [-0.1, -0.05) is 63.4 Å². The molecule has 118 valence electrons. The largest absolute Gasteiger partial charge is 0.316 e. The lowest BCUT2D eigenvalue weighted by molar-refractivity contribution is 0.00311. The summed E-state index contributed by atoms with van der Waals surface area (Å²) in [7, 11) is 0. The summed E-state index contributed by atoms with van der Waals surface area (Å²) >= 11 is 0. The van der Waals surface area contributed by atoms with Crippen LogP contribution in [0.4, 0.5) is 0 Å². The number of rotatable bonds is 8. The van der Waals surface area contributed by atoms with Gasteiger partial charge in [0.15, 0.2) is 0 Å². The van der Waals surface area contributed by atoms with E-state index in [1.54, 1.807) is 5.56 Å². The average Bonchev–Trinajstić information content (AvgIpc) is 2.43. The Hall–Kier alpha value is -0.820. The fourth-order valence-electron chi connectivity index (χ4n) is 4.69. The quantitative estimate of drug-likeness (QED) is 0.691. The van der Waals surface area contributed by atoms with Gasteiger partial charge >= 0.3 is 0 Å².